The number of imidazole rings is 1. The highest BCUT2D eigenvalue weighted by atomic mass is 16.5. The molecule has 2 aromatic carbocycles. The molecule has 6 heteroatoms. The van der Waals surface area contributed by atoms with Gasteiger partial charge in [-0.2, -0.15) is 0 Å². The number of carbonyl (C=O) groups is 3. The first-order valence-corrected chi connectivity index (χ1v) is 8.71. The molecule has 2 heterocycles. The van der Waals surface area contributed by atoms with Gasteiger partial charge in [-0.3, -0.25) is 19.0 Å². The van der Waals surface area contributed by atoms with Crippen LogP contribution in [-0.4, -0.2) is 27.1 Å². The molecule has 0 bridgehead atoms. The molecule has 0 spiro atoms. The van der Waals surface area contributed by atoms with Gasteiger partial charge in [-0.1, -0.05) is 30.3 Å². The van der Waals surface area contributed by atoms with E-state index in [4.69, 9.17) is 4.74 Å². The van der Waals surface area contributed by atoms with E-state index in [1.54, 1.807) is 12.4 Å². The van der Waals surface area contributed by atoms with Gasteiger partial charge in [-0.25, -0.2) is 4.98 Å². The van der Waals surface area contributed by atoms with E-state index in [1.807, 2.05) is 53.1 Å². The normalized spacial score (nSPS) is 17.0. The fourth-order valence-electron chi connectivity index (χ4n) is 3.09. The van der Waals surface area contributed by atoms with E-state index >= 15 is 0 Å². The SMILES string of the molecule is CC1=CC(=O)C(C(=O)C=Cc2ccc(-n3cnc4ccccc43)cc2)C(=O)O1. The molecule has 1 aliphatic rings. The monoisotopic (exact) mass is 372 g/mol. The predicted octanol–water partition coefficient (Wildman–Crippen LogP) is 3.25. The van der Waals surface area contributed by atoms with Gasteiger partial charge in [0.25, 0.3) is 0 Å². The molecule has 1 aromatic heterocycles. The van der Waals surface area contributed by atoms with E-state index in [1.165, 1.54) is 19.1 Å². The smallest absolute Gasteiger partial charge is 0.329 e. The molecule has 0 N–H and O–H groups in total. The minimum Gasteiger partial charge on any atom is -0.430 e. The van der Waals surface area contributed by atoms with Crippen molar-refractivity contribution in [1.29, 1.82) is 0 Å². The Kier molecular flexibility index (Phi) is 4.45. The van der Waals surface area contributed by atoms with Crippen LogP contribution >= 0.6 is 0 Å². The lowest BCUT2D eigenvalue weighted by Crippen LogP contribution is -2.34. The van der Waals surface area contributed by atoms with Crippen LogP contribution in [0, 0.1) is 5.92 Å². The van der Waals surface area contributed by atoms with Gasteiger partial charge in [0, 0.05) is 11.8 Å². The minimum atomic E-state index is -1.42. The predicted molar refractivity (Wildman–Crippen MR) is 103 cm³/mol. The topological polar surface area (TPSA) is 78.3 Å². The highest BCUT2D eigenvalue weighted by Crippen LogP contribution is 2.19. The molecule has 0 radical (unpaired) electrons. The van der Waals surface area contributed by atoms with E-state index in [2.05, 4.69) is 4.98 Å². The zero-order valence-corrected chi connectivity index (χ0v) is 15.0. The third-order valence-corrected chi connectivity index (χ3v) is 4.48. The average Bonchev–Trinajstić information content (AvgIpc) is 3.10. The number of carbonyl (C=O) groups excluding carboxylic acids is 3. The van der Waals surface area contributed by atoms with Crippen LogP contribution in [0.3, 0.4) is 0 Å². The number of benzene rings is 2. The standard InChI is InChI=1S/C22H16N2O4/c1-14-12-20(26)21(22(27)28-14)19(25)11-8-15-6-9-16(10-7-15)24-13-23-17-4-2-3-5-18(17)24/h2-13,21H,1H3. The number of nitrogens with zero attached hydrogens (tertiary/aromatic N) is 2. The van der Waals surface area contributed by atoms with E-state index in [0.29, 0.717) is 0 Å². The molecule has 1 aliphatic heterocycles. The molecular formula is C22H16N2O4. The van der Waals surface area contributed by atoms with Gasteiger partial charge in [-0.15, -0.1) is 0 Å². The molecular weight excluding hydrogens is 356 g/mol. The zero-order valence-electron chi connectivity index (χ0n) is 15.0. The third kappa shape index (κ3) is 3.27. The molecule has 0 fully saturated rings. The van der Waals surface area contributed by atoms with Crippen LogP contribution in [0.15, 0.2) is 72.8 Å². The quantitative estimate of drug-likeness (QED) is 0.399. The van der Waals surface area contributed by atoms with Crippen LogP contribution in [-0.2, 0) is 19.1 Å². The first kappa shape index (κ1) is 17.6. The maximum absolute atomic E-state index is 12.2. The number of aromatic nitrogens is 2. The van der Waals surface area contributed by atoms with E-state index < -0.39 is 23.5 Å². The summed E-state index contributed by atoms with van der Waals surface area (Å²) in [6.45, 7) is 1.50. The Bertz CT molecular complexity index is 1150. The van der Waals surface area contributed by atoms with E-state index in [-0.39, 0.29) is 5.76 Å². The fourth-order valence-corrected chi connectivity index (χ4v) is 3.09. The van der Waals surface area contributed by atoms with Crippen LogP contribution in [0.5, 0.6) is 0 Å². The Morgan fingerprint density at radius 1 is 1.11 bits per heavy atom. The Hall–Kier alpha value is -3.80. The highest BCUT2D eigenvalue weighted by Gasteiger charge is 2.36. The summed E-state index contributed by atoms with van der Waals surface area (Å²) in [7, 11) is 0. The van der Waals surface area contributed by atoms with Crippen molar-refractivity contribution in [2.24, 2.45) is 5.92 Å². The summed E-state index contributed by atoms with van der Waals surface area (Å²) >= 11 is 0. The highest BCUT2D eigenvalue weighted by molar-refractivity contribution is 6.25. The van der Waals surface area contributed by atoms with Gasteiger partial charge in [0.15, 0.2) is 17.5 Å². The molecule has 0 saturated carbocycles. The first-order valence-electron chi connectivity index (χ1n) is 8.71. The van der Waals surface area contributed by atoms with Crippen molar-refractivity contribution in [2.45, 2.75) is 6.92 Å². The summed E-state index contributed by atoms with van der Waals surface area (Å²) in [6, 6.07) is 15.3. The number of cyclic esters (lactones) is 1. The Morgan fingerprint density at radius 3 is 2.61 bits per heavy atom. The average molecular weight is 372 g/mol. The number of esters is 1. The molecule has 0 aliphatic carbocycles. The molecule has 6 nitrogen and oxygen atoms in total. The fraction of sp³-hybridized carbons (Fsp3) is 0.0909. The van der Waals surface area contributed by atoms with Gasteiger partial charge in [0.2, 0.25) is 0 Å². The van der Waals surface area contributed by atoms with Crippen molar-refractivity contribution in [3.05, 3.63) is 78.3 Å². The van der Waals surface area contributed by atoms with Crippen molar-refractivity contribution in [3.63, 3.8) is 0 Å². The minimum absolute atomic E-state index is 0.200. The summed E-state index contributed by atoms with van der Waals surface area (Å²) < 4.78 is 6.84. The number of para-hydroxylation sites is 2. The summed E-state index contributed by atoms with van der Waals surface area (Å²) in [5.41, 5.74) is 3.61. The second-order valence-corrected chi connectivity index (χ2v) is 6.44. The molecule has 3 aromatic rings. The summed E-state index contributed by atoms with van der Waals surface area (Å²) in [6.07, 6.45) is 5.74. The number of ketones is 2. The molecule has 0 amide bonds. The van der Waals surface area contributed by atoms with Gasteiger partial charge >= 0.3 is 5.97 Å². The zero-order chi connectivity index (χ0) is 19.7. The van der Waals surface area contributed by atoms with Crippen molar-refractivity contribution < 1.29 is 19.1 Å². The molecule has 138 valence electrons. The summed E-state index contributed by atoms with van der Waals surface area (Å²) in [5, 5.41) is 0. The number of hydrogen-bond donors (Lipinski definition) is 0. The number of allylic oxidation sites excluding steroid dienone is 3. The maximum Gasteiger partial charge on any atom is 0.329 e. The van der Waals surface area contributed by atoms with Gasteiger partial charge < -0.3 is 4.74 Å². The van der Waals surface area contributed by atoms with Crippen LogP contribution < -0.4 is 0 Å². The Morgan fingerprint density at radius 2 is 1.86 bits per heavy atom. The lowest BCUT2D eigenvalue weighted by molar-refractivity contribution is -0.151. The maximum atomic E-state index is 12.2. The van der Waals surface area contributed by atoms with Gasteiger partial charge in [0.1, 0.15) is 12.1 Å². The Balaban J connectivity index is 1.52. The van der Waals surface area contributed by atoms with Crippen molar-refractivity contribution in [1.82, 2.24) is 9.55 Å². The molecule has 1 atom stereocenters. The molecule has 0 saturated heterocycles. The lowest BCUT2D eigenvalue weighted by Gasteiger charge is -2.15. The number of hydrogen-bond acceptors (Lipinski definition) is 5. The lowest BCUT2D eigenvalue weighted by atomic mass is 9.96. The van der Waals surface area contributed by atoms with Crippen LogP contribution in [0.4, 0.5) is 0 Å². The summed E-state index contributed by atoms with van der Waals surface area (Å²) in [5.74, 6) is -3.20. The van der Waals surface area contributed by atoms with E-state index in [9.17, 15) is 14.4 Å². The molecule has 28 heavy (non-hydrogen) atoms. The summed E-state index contributed by atoms with van der Waals surface area (Å²) in [4.78, 5) is 40.3. The number of ether oxygens (including phenoxy) is 1. The van der Waals surface area contributed by atoms with Crippen LogP contribution in [0.2, 0.25) is 0 Å². The third-order valence-electron chi connectivity index (χ3n) is 4.48. The number of fused-ring (bicyclic) bond motifs is 1. The van der Waals surface area contributed by atoms with Gasteiger partial charge in [0.05, 0.1) is 11.0 Å². The van der Waals surface area contributed by atoms with E-state index in [0.717, 1.165) is 22.3 Å². The van der Waals surface area contributed by atoms with Crippen molar-refractivity contribution in [2.75, 3.05) is 0 Å². The second-order valence-electron chi connectivity index (χ2n) is 6.44. The Labute approximate surface area is 160 Å². The molecule has 1 unspecified atom stereocenters. The number of rotatable bonds is 4. The largest absolute Gasteiger partial charge is 0.430 e. The van der Waals surface area contributed by atoms with Gasteiger partial charge in [-0.05, 0) is 42.8 Å². The van der Waals surface area contributed by atoms with Crippen LogP contribution in [0.1, 0.15) is 12.5 Å². The van der Waals surface area contributed by atoms with Crippen molar-refractivity contribution in [3.8, 4) is 5.69 Å². The second kappa shape index (κ2) is 7.08. The van der Waals surface area contributed by atoms with Crippen molar-refractivity contribution >= 4 is 34.6 Å². The van der Waals surface area contributed by atoms with Crippen LogP contribution in [0.25, 0.3) is 22.8 Å². The first-order chi connectivity index (χ1) is 13.5. The molecule has 4 rings (SSSR count).